The second kappa shape index (κ2) is 5.83. The summed E-state index contributed by atoms with van der Waals surface area (Å²) in [5, 5.41) is 0. The van der Waals surface area contributed by atoms with Gasteiger partial charge < -0.3 is 10.5 Å². The summed E-state index contributed by atoms with van der Waals surface area (Å²) in [6, 6.07) is 9.04. The molecule has 2 N–H and O–H groups in total. The first kappa shape index (κ1) is 13.5. The average Bonchev–Trinajstić information content (AvgIpc) is 2.67. The maximum Gasteiger partial charge on any atom is 0.0596 e. The first-order valence-corrected chi connectivity index (χ1v) is 6.75. The molecule has 0 radical (unpaired) electrons. The zero-order valence-electron chi connectivity index (χ0n) is 11.6. The first-order valence-electron chi connectivity index (χ1n) is 6.75. The van der Waals surface area contributed by atoms with E-state index in [0.717, 1.165) is 19.6 Å². The molecule has 2 unspecified atom stereocenters. The number of nitrogens with zero attached hydrogens (tertiary/aromatic N) is 1. The Morgan fingerprint density at radius 1 is 1.39 bits per heavy atom. The molecule has 1 aromatic carbocycles. The molecule has 0 spiro atoms. The largest absolute Gasteiger partial charge is 0.377 e. The van der Waals surface area contributed by atoms with Crippen molar-refractivity contribution in [1.29, 1.82) is 0 Å². The van der Waals surface area contributed by atoms with Gasteiger partial charge in [-0.3, -0.25) is 4.90 Å². The van der Waals surface area contributed by atoms with Gasteiger partial charge in [-0.05, 0) is 38.4 Å². The maximum atomic E-state index is 6.34. The molecule has 0 heterocycles. The van der Waals surface area contributed by atoms with Gasteiger partial charge in [-0.15, -0.1) is 0 Å². The highest BCUT2D eigenvalue weighted by atomic mass is 16.5. The van der Waals surface area contributed by atoms with E-state index < -0.39 is 0 Å². The molecule has 1 aliphatic rings. The van der Waals surface area contributed by atoms with Crippen molar-refractivity contribution in [2.24, 2.45) is 5.73 Å². The van der Waals surface area contributed by atoms with Crippen LogP contribution >= 0.6 is 0 Å². The highest BCUT2D eigenvalue weighted by Crippen LogP contribution is 2.31. The van der Waals surface area contributed by atoms with Gasteiger partial charge in [0, 0.05) is 18.6 Å². The zero-order chi connectivity index (χ0) is 13.1. The topological polar surface area (TPSA) is 38.5 Å². The molecule has 0 amide bonds. The van der Waals surface area contributed by atoms with E-state index in [4.69, 9.17) is 10.5 Å². The Balaban J connectivity index is 1.92. The molecule has 100 valence electrons. The molecule has 2 rings (SSSR count). The van der Waals surface area contributed by atoms with Crippen LogP contribution in [0.2, 0.25) is 0 Å². The van der Waals surface area contributed by atoms with Crippen molar-refractivity contribution < 1.29 is 4.74 Å². The van der Waals surface area contributed by atoms with Gasteiger partial charge in [-0.1, -0.05) is 24.3 Å². The molecular weight excluding hydrogens is 224 g/mol. The van der Waals surface area contributed by atoms with Gasteiger partial charge in [0.25, 0.3) is 0 Å². The van der Waals surface area contributed by atoms with Crippen LogP contribution in [-0.4, -0.2) is 37.2 Å². The van der Waals surface area contributed by atoms with Crippen LogP contribution < -0.4 is 5.73 Å². The standard InChI is InChI=1S/C15H24N2O/c1-11(2)18-9-8-17(3)14-10-12-6-4-5-7-13(12)15(14)16/h4-7,11,14-15H,8-10,16H2,1-3H3. The highest BCUT2D eigenvalue weighted by molar-refractivity contribution is 5.36. The fourth-order valence-electron chi connectivity index (χ4n) is 2.63. The van der Waals surface area contributed by atoms with E-state index in [1.165, 1.54) is 11.1 Å². The molecular formula is C15H24N2O. The lowest BCUT2D eigenvalue weighted by Crippen LogP contribution is -2.40. The van der Waals surface area contributed by atoms with Crippen molar-refractivity contribution >= 4 is 0 Å². The Morgan fingerprint density at radius 2 is 2.11 bits per heavy atom. The number of rotatable bonds is 5. The third kappa shape index (κ3) is 2.91. The van der Waals surface area contributed by atoms with Gasteiger partial charge in [0.05, 0.1) is 12.7 Å². The quantitative estimate of drug-likeness (QED) is 0.866. The lowest BCUT2D eigenvalue weighted by molar-refractivity contribution is 0.0543. The lowest BCUT2D eigenvalue weighted by Gasteiger charge is -2.28. The fourth-order valence-corrected chi connectivity index (χ4v) is 2.63. The van der Waals surface area contributed by atoms with E-state index in [2.05, 4.69) is 50.1 Å². The van der Waals surface area contributed by atoms with Gasteiger partial charge in [0.15, 0.2) is 0 Å². The molecule has 3 heteroatoms. The number of ether oxygens (including phenoxy) is 1. The maximum absolute atomic E-state index is 6.34. The second-order valence-corrected chi connectivity index (χ2v) is 5.40. The van der Waals surface area contributed by atoms with E-state index in [1.54, 1.807) is 0 Å². The van der Waals surface area contributed by atoms with Gasteiger partial charge in [-0.2, -0.15) is 0 Å². The van der Waals surface area contributed by atoms with Crippen molar-refractivity contribution in [3.63, 3.8) is 0 Å². The smallest absolute Gasteiger partial charge is 0.0596 e. The summed E-state index contributed by atoms with van der Waals surface area (Å²) in [4.78, 5) is 2.33. The van der Waals surface area contributed by atoms with E-state index in [1.807, 2.05) is 0 Å². The summed E-state index contributed by atoms with van der Waals surface area (Å²) in [7, 11) is 2.14. The SMILES string of the molecule is CC(C)OCCN(C)C1Cc2ccccc2C1N. The Labute approximate surface area is 110 Å². The van der Waals surface area contributed by atoms with Gasteiger partial charge in [0.1, 0.15) is 0 Å². The molecule has 0 aliphatic heterocycles. The molecule has 18 heavy (non-hydrogen) atoms. The first-order chi connectivity index (χ1) is 8.59. The predicted octanol–water partition coefficient (Wildman–Crippen LogP) is 1.97. The zero-order valence-corrected chi connectivity index (χ0v) is 11.6. The van der Waals surface area contributed by atoms with Gasteiger partial charge in [-0.25, -0.2) is 0 Å². The Bertz CT molecular complexity index is 392. The molecule has 0 bridgehead atoms. The number of hydrogen-bond donors (Lipinski definition) is 1. The molecule has 1 aliphatic carbocycles. The minimum Gasteiger partial charge on any atom is -0.377 e. The Hall–Kier alpha value is -0.900. The van der Waals surface area contributed by atoms with Crippen LogP contribution in [0.5, 0.6) is 0 Å². The number of nitrogens with two attached hydrogens (primary N) is 1. The summed E-state index contributed by atoms with van der Waals surface area (Å²) in [6.45, 7) is 5.84. The van der Waals surface area contributed by atoms with Crippen LogP contribution in [0.25, 0.3) is 0 Å². The summed E-state index contributed by atoms with van der Waals surface area (Å²) in [6.07, 6.45) is 1.35. The predicted molar refractivity (Wildman–Crippen MR) is 74.6 cm³/mol. The van der Waals surface area contributed by atoms with Crippen LogP contribution in [0.15, 0.2) is 24.3 Å². The van der Waals surface area contributed by atoms with Crippen molar-refractivity contribution in [2.45, 2.75) is 38.5 Å². The number of likely N-dealkylation sites (N-methyl/N-ethyl adjacent to an activating group) is 1. The average molecular weight is 248 g/mol. The minimum absolute atomic E-state index is 0.130. The van der Waals surface area contributed by atoms with E-state index in [-0.39, 0.29) is 6.04 Å². The third-order valence-corrected chi connectivity index (χ3v) is 3.72. The van der Waals surface area contributed by atoms with Crippen LogP contribution in [0.4, 0.5) is 0 Å². The highest BCUT2D eigenvalue weighted by Gasteiger charge is 2.31. The lowest BCUT2D eigenvalue weighted by atomic mass is 10.1. The van der Waals surface area contributed by atoms with Crippen molar-refractivity contribution in [1.82, 2.24) is 4.90 Å². The molecule has 3 nitrogen and oxygen atoms in total. The van der Waals surface area contributed by atoms with E-state index in [9.17, 15) is 0 Å². The van der Waals surface area contributed by atoms with E-state index in [0.29, 0.717) is 12.1 Å². The van der Waals surface area contributed by atoms with Crippen molar-refractivity contribution in [3.8, 4) is 0 Å². The molecule has 0 saturated heterocycles. The van der Waals surface area contributed by atoms with Crippen LogP contribution in [-0.2, 0) is 11.2 Å². The fraction of sp³-hybridized carbons (Fsp3) is 0.600. The molecule has 1 aromatic rings. The second-order valence-electron chi connectivity index (χ2n) is 5.40. The molecule has 0 aromatic heterocycles. The molecule has 0 fully saturated rings. The third-order valence-electron chi connectivity index (χ3n) is 3.72. The summed E-state index contributed by atoms with van der Waals surface area (Å²) in [5.74, 6) is 0. The normalized spacial score (nSPS) is 22.8. The number of hydrogen-bond acceptors (Lipinski definition) is 3. The van der Waals surface area contributed by atoms with E-state index >= 15 is 0 Å². The van der Waals surface area contributed by atoms with Gasteiger partial charge in [0.2, 0.25) is 0 Å². The monoisotopic (exact) mass is 248 g/mol. The number of fused-ring (bicyclic) bond motifs is 1. The molecule has 0 saturated carbocycles. The molecule has 2 atom stereocenters. The van der Waals surface area contributed by atoms with Crippen molar-refractivity contribution in [2.75, 3.05) is 20.2 Å². The Kier molecular flexibility index (Phi) is 4.38. The van der Waals surface area contributed by atoms with Gasteiger partial charge >= 0.3 is 0 Å². The summed E-state index contributed by atoms with van der Waals surface area (Å²) >= 11 is 0. The van der Waals surface area contributed by atoms with Crippen LogP contribution in [0.3, 0.4) is 0 Å². The summed E-state index contributed by atoms with van der Waals surface area (Å²) < 4.78 is 5.60. The summed E-state index contributed by atoms with van der Waals surface area (Å²) in [5.41, 5.74) is 9.04. The van der Waals surface area contributed by atoms with Crippen LogP contribution in [0.1, 0.15) is 31.0 Å². The van der Waals surface area contributed by atoms with Crippen LogP contribution in [0, 0.1) is 0 Å². The number of benzene rings is 1. The minimum atomic E-state index is 0.130. The Morgan fingerprint density at radius 3 is 2.78 bits per heavy atom. The van der Waals surface area contributed by atoms with Crippen molar-refractivity contribution in [3.05, 3.63) is 35.4 Å².